The van der Waals surface area contributed by atoms with Crippen molar-refractivity contribution in [3.05, 3.63) is 12.2 Å². The fourth-order valence-corrected chi connectivity index (χ4v) is 3.78. The molecule has 0 spiro atoms. The highest BCUT2D eigenvalue weighted by atomic mass is 16.5. The smallest absolute Gasteiger partial charge is 0.310 e. The van der Waals surface area contributed by atoms with E-state index in [2.05, 4.69) is 0 Å². The van der Waals surface area contributed by atoms with Crippen LogP contribution in [0.5, 0.6) is 0 Å². The second-order valence-corrected chi connectivity index (χ2v) is 5.55. The van der Waals surface area contributed by atoms with Crippen LogP contribution in [0.3, 0.4) is 0 Å². The fraction of sp³-hybridized carbons (Fsp3) is 0.600. The zero-order valence-corrected chi connectivity index (χ0v) is 12.9. The Bertz CT molecular complexity index is 566. The molecule has 0 radical (unpaired) electrons. The lowest BCUT2D eigenvalue weighted by molar-refractivity contribution is -0.181. The maximum Gasteiger partial charge on any atom is 0.310 e. The van der Waals surface area contributed by atoms with E-state index in [4.69, 9.17) is 14.2 Å². The minimum atomic E-state index is -1.23. The average Bonchev–Trinajstić information content (AvgIpc) is 2.58. The number of hydrogen-bond acceptors (Lipinski definition) is 7. The quantitative estimate of drug-likeness (QED) is 0.431. The lowest BCUT2D eigenvalue weighted by atomic mass is 9.53. The van der Waals surface area contributed by atoms with Gasteiger partial charge in [0.1, 0.15) is 0 Å². The van der Waals surface area contributed by atoms with E-state index in [-0.39, 0.29) is 0 Å². The second kappa shape index (κ2) is 6.39. The second-order valence-electron chi connectivity index (χ2n) is 5.55. The van der Waals surface area contributed by atoms with Crippen LogP contribution in [0, 0.1) is 35.5 Å². The van der Waals surface area contributed by atoms with Crippen LogP contribution >= 0.6 is 0 Å². The summed E-state index contributed by atoms with van der Waals surface area (Å²) in [5.41, 5.74) is 0. The number of carboxylic acid groups (broad SMARTS) is 1. The highest BCUT2D eigenvalue weighted by molar-refractivity contribution is 5.89. The number of methoxy groups -OCH3 is 3. The zero-order chi connectivity index (χ0) is 17.3. The number of carbonyl (C=O) groups excluding carboxylic acids is 3. The average molecular weight is 326 g/mol. The molecule has 1 saturated carbocycles. The van der Waals surface area contributed by atoms with Crippen molar-refractivity contribution in [2.24, 2.45) is 35.5 Å². The molecule has 8 heteroatoms. The summed E-state index contributed by atoms with van der Waals surface area (Å²) in [5, 5.41) is 9.52. The molecule has 3 rings (SSSR count). The molecule has 2 bridgehead atoms. The van der Waals surface area contributed by atoms with Crippen molar-refractivity contribution in [2.75, 3.05) is 21.3 Å². The molecule has 3 aliphatic rings. The highest BCUT2D eigenvalue weighted by Crippen LogP contribution is 2.52. The number of rotatable bonds is 4. The van der Waals surface area contributed by atoms with Gasteiger partial charge >= 0.3 is 23.9 Å². The zero-order valence-electron chi connectivity index (χ0n) is 12.9. The Labute approximate surface area is 132 Å². The van der Waals surface area contributed by atoms with Crippen molar-refractivity contribution >= 4 is 23.9 Å². The van der Waals surface area contributed by atoms with E-state index >= 15 is 0 Å². The van der Waals surface area contributed by atoms with E-state index in [0.29, 0.717) is 0 Å². The van der Waals surface area contributed by atoms with Crippen molar-refractivity contribution in [2.45, 2.75) is 0 Å². The summed E-state index contributed by atoms with van der Waals surface area (Å²) < 4.78 is 14.2. The maximum absolute atomic E-state index is 12.2. The SMILES string of the molecule is COC(=O)C1C2C=CC(C1C(=O)O)C(C(=O)OC)C2C(=O)OC. The summed E-state index contributed by atoms with van der Waals surface area (Å²) in [5.74, 6) is -9.20. The molecule has 0 aromatic carbocycles. The number of hydrogen-bond donors (Lipinski definition) is 1. The molecule has 0 aromatic heterocycles. The standard InChI is InChI=1S/C15H18O8/c1-21-13(18)9-7-5-4-6(8(9)12(16)17)10(14(19)22-2)11(7)15(20)23-3/h4-11H,1-3H3,(H,16,17). The molecule has 0 aliphatic heterocycles. The summed E-state index contributed by atoms with van der Waals surface area (Å²) >= 11 is 0. The first-order valence-corrected chi connectivity index (χ1v) is 7.03. The van der Waals surface area contributed by atoms with E-state index in [1.165, 1.54) is 7.11 Å². The number of fused-ring (bicyclic) bond motifs is 2. The first-order valence-electron chi connectivity index (χ1n) is 7.03. The van der Waals surface area contributed by atoms with Crippen LogP contribution in [0.25, 0.3) is 0 Å². The Kier molecular flexibility index (Phi) is 4.72. The number of esters is 3. The van der Waals surface area contributed by atoms with Gasteiger partial charge in [-0.25, -0.2) is 0 Å². The van der Waals surface area contributed by atoms with Crippen molar-refractivity contribution < 1.29 is 38.5 Å². The number of aliphatic carboxylic acids is 1. The van der Waals surface area contributed by atoms with Gasteiger partial charge in [0.05, 0.1) is 45.0 Å². The lowest BCUT2D eigenvalue weighted by Crippen LogP contribution is -2.57. The third kappa shape index (κ3) is 2.58. The number of ether oxygens (including phenoxy) is 3. The van der Waals surface area contributed by atoms with Crippen molar-refractivity contribution in [3.8, 4) is 0 Å². The maximum atomic E-state index is 12.2. The molecule has 6 unspecified atom stereocenters. The van der Waals surface area contributed by atoms with E-state index < -0.39 is 59.4 Å². The van der Waals surface area contributed by atoms with Gasteiger partial charge in [0.25, 0.3) is 0 Å². The van der Waals surface area contributed by atoms with Gasteiger partial charge in [-0.1, -0.05) is 12.2 Å². The predicted molar refractivity (Wildman–Crippen MR) is 73.8 cm³/mol. The molecule has 23 heavy (non-hydrogen) atoms. The molecule has 1 N–H and O–H groups in total. The van der Waals surface area contributed by atoms with Gasteiger partial charge in [-0.05, 0) is 0 Å². The molecule has 126 valence electrons. The molecule has 0 saturated heterocycles. The van der Waals surface area contributed by atoms with E-state index in [0.717, 1.165) is 14.2 Å². The fourth-order valence-electron chi connectivity index (χ4n) is 3.78. The Morgan fingerprint density at radius 3 is 1.30 bits per heavy atom. The third-order valence-corrected chi connectivity index (χ3v) is 4.69. The summed E-state index contributed by atoms with van der Waals surface area (Å²) in [6.45, 7) is 0. The van der Waals surface area contributed by atoms with Crippen LogP contribution in [-0.4, -0.2) is 50.3 Å². The summed E-state index contributed by atoms with van der Waals surface area (Å²) in [6.07, 6.45) is 3.15. The number of carbonyl (C=O) groups is 4. The van der Waals surface area contributed by atoms with E-state index in [1.807, 2.05) is 0 Å². The van der Waals surface area contributed by atoms with Gasteiger partial charge < -0.3 is 19.3 Å². The highest BCUT2D eigenvalue weighted by Gasteiger charge is 2.61. The van der Waals surface area contributed by atoms with Crippen molar-refractivity contribution in [1.82, 2.24) is 0 Å². The van der Waals surface area contributed by atoms with Gasteiger partial charge in [-0.2, -0.15) is 0 Å². The van der Waals surface area contributed by atoms with Crippen LogP contribution < -0.4 is 0 Å². The van der Waals surface area contributed by atoms with E-state index in [9.17, 15) is 24.3 Å². The topological polar surface area (TPSA) is 116 Å². The molecule has 3 aliphatic carbocycles. The summed E-state index contributed by atoms with van der Waals surface area (Å²) in [7, 11) is 3.49. The Morgan fingerprint density at radius 1 is 0.696 bits per heavy atom. The molecule has 1 fully saturated rings. The third-order valence-electron chi connectivity index (χ3n) is 4.69. The number of carboxylic acids is 1. The Balaban J connectivity index is 2.55. The molecular weight excluding hydrogens is 308 g/mol. The van der Waals surface area contributed by atoms with Crippen LogP contribution in [0.1, 0.15) is 0 Å². The molecule has 0 aromatic rings. The van der Waals surface area contributed by atoms with Gasteiger partial charge in [-0.15, -0.1) is 0 Å². The Hall–Kier alpha value is -2.38. The number of allylic oxidation sites excluding steroid dienone is 2. The Morgan fingerprint density at radius 2 is 1.00 bits per heavy atom. The van der Waals surface area contributed by atoms with Crippen molar-refractivity contribution in [1.29, 1.82) is 0 Å². The van der Waals surface area contributed by atoms with E-state index in [1.54, 1.807) is 12.2 Å². The van der Waals surface area contributed by atoms with Crippen LogP contribution in [-0.2, 0) is 33.4 Å². The van der Waals surface area contributed by atoms with Crippen LogP contribution in [0.4, 0.5) is 0 Å². The first kappa shape index (κ1) is 17.0. The van der Waals surface area contributed by atoms with Gasteiger partial charge in [0.2, 0.25) is 0 Å². The van der Waals surface area contributed by atoms with Gasteiger partial charge in [-0.3, -0.25) is 19.2 Å². The summed E-state index contributed by atoms with van der Waals surface area (Å²) in [6, 6.07) is 0. The van der Waals surface area contributed by atoms with Crippen LogP contribution in [0.2, 0.25) is 0 Å². The minimum absolute atomic E-state index is 0.683. The monoisotopic (exact) mass is 326 g/mol. The van der Waals surface area contributed by atoms with Gasteiger partial charge in [0, 0.05) is 11.8 Å². The minimum Gasteiger partial charge on any atom is -0.481 e. The molecule has 0 amide bonds. The molecule has 0 heterocycles. The largest absolute Gasteiger partial charge is 0.481 e. The molecule has 8 nitrogen and oxygen atoms in total. The van der Waals surface area contributed by atoms with Gasteiger partial charge in [0.15, 0.2) is 0 Å². The lowest BCUT2D eigenvalue weighted by Gasteiger charge is -2.48. The normalized spacial score (nSPS) is 34.6. The first-order chi connectivity index (χ1) is 10.9. The molecule has 6 atom stereocenters. The van der Waals surface area contributed by atoms with Crippen LogP contribution in [0.15, 0.2) is 12.2 Å². The molecular formula is C15H18O8. The summed E-state index contributed by atoms with van der Waals surface area (Å²) in [4.78, 5) is 48.0. The predicted octanol–water partition coefficient (Wildman–Crippen LogP) is -0.129. The van der Waals surface area contributed by atoms with Crippen molar-refractivity contribution in [3.63, 3.8) is 0 Å².